The molecule has 0 bridgehead atoms. The van der Waals surface area contributed by atoms with Crippen molar-refractivity contribution in [3.63, 3.8) is 0 Å². The first-order chi connectivity index (χ1) is 16.0. The zero-order valence-corrected chi connectivity index (χ0v) is 20.9. The number of carboxylic acid groups (broad SMARTS) is 1. The van der Waals surface area contributed by atoms with Crippen LogP contribution in [0.4, 0.5) is 0 Å². The van der Waals surface area contributed by atoms with Crippen molar-refractivity contribution in [2.45, 2.75) is 135 Å². The number of hydrogen-bond donors (Lipinski definition) is 3. The monoisotopic (exact) mass is 468 g/mol. The number of carboxylic acids is 1. The van der Waals surface area contributed by atoms with Crippen molar-refractivity contribution in [3.8, 4) is 0 Å². The number of amides is 2. The average Bonchev–Trinajstić information content (AvgIpc) is 2.79. The summed E-state index contributed by atoms with van der Waals surface area (Å²) in [6.07, 6.45) is 19.5. The predicted molar refractivity (Wildman–Crippen MR) is 132 cm³/mol. The number of hydrogen-bond acceptors (Lipinski definition) is 4. The third-order valence-electron chi connectivity index (χ3n) is 5.87. The van der Waals surface area contributed by atoms with Gasteiger partial charge in [-0.15, -0.1) is 0 Å². The molecule has 0 aliphatic rings. The Bertz CT molecular complexity index is 525. The van der Waals surface area contributed by atoms with Gasteiger partial charge in [0.05, 0.1) is 0 Å². The maximum Gasteiger partial charge on any atom is 0.326 e. The van der Waals surface area contributed by atoms with Crippen molar-refractivity contribution in [3.05, 3.63) is 0 Å². The quantitative estimate of drug-likeness (QED) is 0.131. The Morgan fingerprint density at radius 3 is 1.79 bits per heavy atom. The van der Waals surface area contributed by atoms with Gasteiger partial charge in [0.2, 0.25) is 11.8 Å². The number of carbonyl (C=O) groups excluding carboxylic acids is 3. The molecule has 0 aromatic heterocycles. The molecule has 0 fully saturated rings. The van der Waals surface area contributed by atoms with Crippen molar-refractivity contribution >= 4 is 24.1 Å². The maximum atomic E-state index is 11.9. The van der Waals surface area contributed by atoms with Crippen molar-refractivity contribution < 1.29 is 24.3 Å². The van der Waals surface area contributed by atoms with Crippen LogP contribution in [0.5, 0.6) is 0 Å². The van der Waals surface area contributed by atoms with Crippen LogP contribution < -0.4 is 10.6 Å². The van der Waals surface area contributed by atoms with E-state index >= 15 is 0 Å². The minimum Gasteiger partial charge on any atom is -0.480 e. The van der Waals surface area contributed by atoms with Crippen LogP contribution in [-0.2, 0) is 19.2 Å². The highest BCUT2D eigenvalue weighted by Gasteiger charge is 2.19. The van der Waals surface area contributed by atoms with Gasteiger partial charge in [-0.2, -0.15) is 0 Å². The summed E-state index contributed by atoms with van der Waals surface area (Å²) in [4.78, 5) is 45.0. The van der Waals surface area contributed by atoms with E-state index in [1.807, 2.05) is 0 Å². The van der Waals surface area contributed by atoms with Crippen LogP contribution in [0.2, 0.25) is 0 Å². The lowest BCUT2D eigenvalue weighted by Crippen LogP contribution is -2.40. The predicted octanol–water partition coefficient (Wildman–Crippen LogP) is 5.30. The first kappa shape index (κ1) is 31.1. The Morgan fingerprint density at radius 1 is 0.727 bits per heavy atom. The molecule has 1 atom stereocenters. The van der Waals surface area contributed by atoms with Crippen LogP contribution in [-0.4, -0.2) is 41.8 Å². The lowest BCUT2D eigenvalue weighted by Gasteiger charge is -2.14. The summed E-state index contributed by atoms with van der Waals surface area (Å²) in [5.41, 5.74) is 0. The van der Waals surface area contributed by atoms with E-state index in [-0.39, 0.29) is 18.7 Å². The zero-order chi connectivity index (χ0) is 24.6. The zero-order valence-electron chi connectivity index (χ0n) is 20.9. The third-order valence-corrected chi connectivity index (χ3v) is 5.87. The fourth-order valence-corrected chi connectivity index (χ4v) is 3.81. The molecule has 0 rings (SSSR count). The lowest BCUT2D eigenvalue weighted by molar-refractivity contribution is -0.142. The SMILES string of the molecule is CCCCCCCCCCCCCCCC(=O)NCCCCC(NC(=O)CCC=O)C(=O)O. The summed E-state index contributed by atoms with van der Waals surface area (Å²) >= 11 is 0. The second-order valence-electron chi connectivity index (χ2n) is 9.00. The molecule has 0 aromatic rings. The molecule has 0 heterocycles. The molecule has 33 heavy (non-hydrogen) atoms. The Hall–Kier alpha value is -1.92. The summed E-state index contributed by atoms with van der Waals surface area (Å²) in [5, 5.41) is 14.5. The van der Waals surface area contributed by atoms with Crippen LogP contribution in [0, 0.1) is 0 Å². The molecule has 0 aliphatic heterocycles. The molecule has 1 unspecified atom stereocenters. The van der Waals surface area contributed by atoms with E-state index in [0.717, 1.165) is 12.8 Å². The van der Waals surface area contributed by atoms with Gasteiger partial charge in [-0.25, -0.2) is 4.79 Å². The van der Waals surface area contributed by atoms with Crippen molar-refractivity contribution in [1.29, 1.82) is 0 Å². The summed E-state index contributed by atoms with van der Waals surface area (Å²) in [6.45, 7) is 2.77. The number of unbranched alkanes of at least 4 members (excludes halogenated alkanes) is 13. The Kier molecular flexibility index (Phi) is 21.9. The van der Waals surface area contributed by atoms with Crippen molar-refractivity contribution in [2.75, 3.05) is 6.54 Å². The van der Waals surface area contributed by atoms with E-state index in [1.165, 1.54) is 70.6 Å². The molecule has 0 spiro atoms. The van der Waals surface area contributed by atoms with Crippen molar-refractivity contribution in [2.24, 2.45) is 0 Å². The molecular formula is C26H48N2O5. The van der Waals surface area contributed by atoms with E-state index in [4.69, 9.17) is 0 Å². The van der Waals surface area contributed by atoms with Gasteiger partial charge in [-0.3, -0.25) is 9.59 Å². The van der Waals surface area contributed by atoms with Gasteiger partial charge in [0, 0.05) is 25.8 Å². The molecule has 3 N–H and O–H groups in total. The van der Waals surface area contributed by atoms with E-state index < -0.39 is 17.9 Å². The standard InChI is InChI=1S/C26H48N2O5/c1-2-3-4-5-6-7-8-9-10-11-12-13-14-19-24(30)27-21-16-15-18-23(26(32)33)28-25(31)20-17-22-29/h22-23H,2-21H2,1H3,(H,27,30)(H,28,31)(H,32,33). The molecule has 0 aliphatic carbocycles. The van der Waals surface area contributed by atoms with Gasteiger partial charge >= 0.3 is 5.97 Å². The third kappa shape index (κ3) is 21.7. The first-order valence-corrected chi connectivity index (χ1v) is 13.2. The molecule has 192 valence electrons. The highest BCUT2D eigenvalue weighted by Crippen LogP contribution is 2.13. The summed E-state index contributed by atoms with van der Waals surface area (Å²) in [6, 6.07) is -0.953. The van der Waals surface area contributed by atoms with E-state index in [2.05, 4.69) is 17.6 Å². The van der Waals surface area contributed by atoms with Gasteiger partial charge in [-0.1, -0.05) is 84.0 Å². The van der Waals surface area contributed by atoms with E-state index in [1.54, 1.807) is 0 Å². The number of aldehydes is 1. The van der Waals surface area contributed by atoms with Crippen LogP contribution in [0.25, 0.3) is 0 Å². The molecular weight excluding hydrogens is 420 g/mol. The lowest BCUT2D eigenvalue weighted by atomic mass is 10.0. The van der Waals surface area contributed by atoms with Crippen LogP contribution >= 0.6 is 0 Å². The number of nitrogens with one attached hydrogen (secondary N) is 2. The van der Waals surface area contributed by atoms with E-state index in [0.29, 0.717) is 38.5 Å². The summed E-state index contributed by atoms with van der Waals surface area (Å²) in [7, 11) is 0. The highest BCUT2D eigenvalue weighted by atomic mass is 16.4. The van der Waals surface area contributed by atoms with Crippen molar-refractivity contribution in [1.82, 2.24) is 10.6 Å². The second kappa shape index (κ2) is 23.2. The number of rotatable bonds is 24. The van der Waals surface area contributed by atoms with Crippen LogP contribution in [0.15, 0.2) is 0 Å². The Labute approximate surface area is 200 Å². The number of aliphatic carboxylic acids is 1. The van der Waals surface area contributed by atoms with Gasteiger partial charge in [-0.05, 0) is 25.7 Å². The average molecular weight is 469 g/mol. The molecule has 0 radical (unpaired) electrons. The van der Waals surface area contributed by atoms with Crippen LogP contribution in [0.1, 0.15) is 129 Å². The van der Waals surface area contributed by atoms with Gasteiger partial charge in [0.15, 0.2) is 0 Å². The molecule has 0 saturated heterocycles. The number of carbonyl (C=O) groups is 4. The maximum absolute atomic E-state index is 11.9. The molecule has 7 nitrogen and oxygen atoms in total. The molecule has 0 saturated carbocycles. The summed E-state index contributed by atoms with van der Waals surface area (Å²) in [5.74, 6) is -1.46. The minimum atomic E-state index is -1.08. The summed E-state index contributed by atoms with van der Waals surface area (Å²) < 4.78 is 0. The highest BCUT2D eigenvalue weighted by molar-refractivity contribution is 5.84. The fourth-order valence-electron chi connectivity index (χ4n) is 3.81. The molecule has 7 heteroatoms. The largest absolute Gasteiger partial charge is 0.480 e. The Balaban J connectivity index is 3.53. The second-order valence-corrected chi connectivity index (χ2v) is 9.00. The van der Waals surface area contributed by atoms with Gasteiger partial charge in [0.25, 0.3) is 0 Å². The van der Waals surface area contributed by atoms with E-state index in [9.17, 15) is 24.3 Å². The van der Waals surface area contributed by atoms with Gasteiger partial charge < -0.3 is 20.5 Å². The molecule has 2 amide bonds. The fraction of sp³-hybridized carbons (Fsp3) is 0.846. The molecule has 0 aromatic carbocycles. The topological polar surface area (TPSA) is 113 Å². The van der Waals surface area contributed by atoms with Gasteiger partial charge in [0.1, 0.15) is 12.3 Å². The Morgan fingerprint density at radius 2 is 1.27 bits per heavy atom. The first-order valence-electron chi connectivity index (χ1n) is 13.2. The normalized spacial score (nSPS) is 11.7. The smallest absolute Gasteiger partial charge is 0.326 e. The van der Waals surface area contributed by atoms with Crippen LogP contribution in [0.3, 0.4) is 0 Å². The minimum absolute atomic E-state index is 0.00251.